The third kappa shape index (κ3) is 3.99. The molecule has 2 aromatic rings. The van der Waals surface area contributed by atoms with Crippen molar-refractivity contribution in [2.24, 2.45) is 0 Å². The summed E-state index contributed by atoms with van der Waals surface area (Å²) in [5.41, 5.74) is 0.642. The largest absolute Gasteiger partial charge is 0.479 e. The predicted molar refractivity (Wildman–Crippen MR) is 83.6 cm³/mol. The van der Waals surface area contributed by atoms with Crippen molar-refractivity contribution in [1.29, 1.82) is 0 Å². The van der Waals surface area contributed by atoms with Gasteiger partial charge in [-0.25, -0.2) is 4.79 Å². The molecule has 0 fully saturated rings. The predicted octanol–water partition coefficient (Wildman–Crippen LogP) is 3.44. The summed E-state index contributed by atoms with van der Waals surface area (Å²) < 4.78 is 5.50. The maximum atomic E-state index is 12.1. The molecule has 2 rings (SSSR count). The number of aromatic carboxylic acids is 1. The fourth-order valence-corrected chi connectivity index (χ4v) is 1.90. The number of carboxylic acid groups (broad SMARTS) is 1. The van der Waals surface area contributed by atoms with Crippen LogP contribution in [0.5, 0.6) is 5.75 Å². The van der Waals surface area contributed by atoms with Gasteiger partial charge in [0.1, 0.15) is 5.75 Å². The van der Waals surface area contributed by atoms with Gasteiger partial charge in [0.2, 0.25) is 0 Å². The molecule has 1 atom stereocenters. The molecule has 0 spiro atoms. The molecule has 0 aromatic heterocycles. The van der Waals surface area contributed by atoms with Crippen molar-refractivity contribution in [3.63, 3.8) is 0 Å². The lowest BCUT2D eigenvalue weighted by atomic mass is 10.2. The Balaban J connectivity index is 1.99. The molecule has 0 aliphatic rings. The van der Waals surface area contributed by atoms with Gasteiger partial charge < -0.3 is 15.2 Å². The van der Waals surface area contributed by atoms with Crippen molar-refractivity contribution in [2.45, 2.75) is 13.0 Å². The van der Waals surface area contributed by atoms with Crippen LogP contribution in [0.15, 0.2) is 48.5 Å². The molecule has 0 saturated heterocycles. The van der Waals surface area contributed by atoms with E-state index in [1.807, 2.05) is 0 Å². The number of hydrogen-bond donors (Lipinski definition) is 2. The number of carboxylic acids is 1. The topological polar surface area (TPSA) is 75.6 Å². The molecule has 0 saturated carbocycles. The first-order valence-electron chi connectivity index (χ1n) is 6.53. The molecule has 0 radical (unpaired) electrons. The zero-order valence-corrected chi connectivity index (χ0v) is 12.5. The van der Waals surface area contributed by atoms with Crippen LogP contribution >= 0.6 is 11.6 Å². The van der Waals surface area contributed by atoms with Crippen molar-refractivity contribution < 1.29 is 19.4 Å². The first-order chi connectivity index (χ1) is 10.5. The third-order valence-electron chi connectivity index (χ3n) is 2.91. The Kier molecular flexibility index (Phi) is 5.01. The Hall–Kier alpha value is -2.53. The van der Waals surface area contributed by atoms with E-state index in [0.29, 0.717) is 16.5 Å². The quantitative estimate of drug-likeness (QED) is 0.885. The smallest absolute Gasteiger partial charge is 0.335 e. The van der Waals surface area contributed by atoms with Gasteiger partial charge in [-0.15, -0.1) is 0 Å². The van der Waals surface area contributed by atoms with Gasteiger partial charge in [0.25, 0.3) is 5.91 Å². The summed E-state index contributed by atoms with van der Waals surface area (Å²) in [6, 6.07) is 12.7. The van der Waals surface area contributed by atoms with Crippen LogP contribution in [0.3, 0.4) is 0 Å². The molecule has 114 valence electrons. The van der Waals surface area contributed by atoms with Crippen molar-refractivity contribution >= 4 is 29.2 Å². The SMILES string of the molecule is C[C@@H](Oc1ccccc1Cl)C(=O)Nc1ccc(C(=O)O)cc1. The molecular formula is C16H14ClNO4. The van der Waals surface area contributed by atoms with Crippen LogP contribution in [-0.4, -0.2) is 23.1 Å². The molecule has 2 N–H and O–H groups in total. The Bertz CT molecular complexity index is 685. The van der Waals surface area contributed by atoms with Crippen LogP contribution in [0.1, 0.15) is 17.3 Å². The molecule has 0 bridgehead atoms. The van der Waals surface area contributed by atoms with Gasteiger partial charge in [-0.2, -0.15) is 0 Å². The third-order valence-corrected chi connectivity index (χ3v) is 3.22. The van der Waals surface area contributed by atoms with E-state index in [2.05, 4.69) is 5.32 Å². The van der Waals surface area contributed by atoms with Crippen molar-refractivity contribution in [3.8, 4) is 5.75 Å². The van der Waals surface area contributed by atoms with Crippen molar-refractivity contribution in [1.82, 2.24) is 0 Å². The second kappa shape index (κ2) is 6.95. The molecule has 0 unspecified atom stereocenters. The first kappa shape index (κ1) is 15.9. The van der Waals surface area contributed by atoms with Gasteiger partial charge in [-0.1, -0.05) is 23.7 Å². The number of carbonyl (C=O) groups is 2. The lowest BCUT2D eigenvalue weighted by Crippen LogP contribution is -2.30. The number of halogens is 1. The molecule has 1 amide bonds. The van der Waals surface area contributed by atoms with Crippen LogP contribution in [0.25, 0.3) is 0 Å². The number of amides is 1. The molecule has 2 aromatic carbocycles. The number of rotatable bonds is 5. The van der Waals surface area contributed by atoms with Crippen molar-refractivity contribution in [3.05, 3.63) is 59.1 Å². The minimum Gasteiger partial charge on any atom is -0.479 e. The van der Waals surface area contributed by atoms with Gasteiger partial charge in [-0.3, -0.25) is 4.79 Å². The highest BCUT2D eigenvalue weighted by Crippen LogP contribution is 2.24. The minimum absolute atomic E-state index is 0.151. The second-order valence-electron chi connectivity index (χ2n) is 4.56. The molecule has 22 heavy (non-hydrogen) atoms. The molecule has 0 aliphatic carbocycles. The van der Waals surface area contributed by atoms with E-state index >= 15 is 0 Å². The molecule has 6 heteroatoms. The van der Waals surface area contributed by atoms with Crippen LogP contribution in [0, 0.1) is 0 Å². The number of ether oxygens (including phenoxy) is 1. The summed E-state index contributed by atoms with van der Waals surface area (Å²) >= 11 is 5.97. The number of benzene rings is 2. The summed E-state index contributed by atoms with van der Waals surface area (Å²) in [5, 5.41) is 11.9. The Labute approximate surface area is 132 Å². The maximum Gasteiger partial charge on any atom is 0.335 e. The lowest BCUT2D eigenvalue weighted by molar-refractivity contribution is -0.122. The van der Waals surface area contributed by atoms with Crippen LogP contribution < -0.4 is 10.1 Å². The minimum atomic E-state index is -1.02. The Morgan fingerprint density at radius 2 is 1.77 bits per heavy atom. The van der Waals surface area contributed by atoms with Gasteiger partial charge in [0.05, 0.1) is 10.6 Å². The Morgan fingerprint density at radius 3 is 2.36 bits per heavy atom. The fraction of sp³-hybridized carbons (Fsp3) is 0.125. The van der Waals surface area contributed by atoms with E-state index < -0.39 is 12.1 Å². The van der Waals surface area contributed by atoms with E-state index in [-0.39, 0.29) is 11.5 Å². The number of hydrogen-bond acceptors (Lipinski definition) is 3. The lowest BCUT2D eigenvalue weighted by Gasteiger charge is -2.15. The highest BCUT2D eigenvalue weighted by molar-refractivity contribution is 6.32. The molecule has 5 nitrogen and oxygen atoms in total. The summed E-state index contributed by atoms with van der Waals surface area (Å²) in [5.74, 6) is -0.954. The second-order valence-corrected chi connectivity index (χ2v) is 4.97. The number of para-hydroxylation sites is 1. The van der Waals surface area contributed by atoms with Gasteiger partial charge in [0.15, 0.2) is 6.10 Å². The van der Waals surface area contributed by atoms with Gasteiger partial charge >= 0.3 is 5.97 Å². The summed E-state index contributed by atoms with van der Waals surface area (Å²) in [6.45, 7) is 1.60. The van der Waals surface area contributed by atoms with E-state index in [1.165, 1.54) is 24.3 Å². The monoisotopic (exact) mass is 319 g/mol. The normalized spacial score (nSPS) is 11.5. The zero-order chi connectivity index (χ0) is 16.1. The number of nitrogens with one attached hydrogen (secondary N) is 1. The highest BCUT2D eigenvalue weighted by atomic mass is 35.5. The van der Waals surface area contributed by atoms with E-state index in [4.69, 9.17) is 21.4 Å². The zero-order valence-electron chi connectivity index (χ0n) is 11.7. The maximum absolute atomic E-state index is 12.1. The summed E-state index contributed by atoms with van der Waals surface area (Å²) in [6.07, 6.45) is -0.751. The van der Waals surface area contributed by atoms with Gasteiger partial charge in [-0.05, 0) is 43.3 Å². The van der Waals surface area contributed by atoms with Gasteiger partial charge in [0, 0.05) is 5.69 Å². The molecule has 0 heterocycles. The van der Waals surface area contributed by atoms with Crippen LogP contribution in [0.2, 0.25) is 5.02 Å². The van der Waals surface area contributed by atoms with E-state index in [1.54, 1.807) is 31.2 Å². The van der Waals surface area contributed by atoms with Crippen LogP contribution in [0.4, 0.5) is 5.69 Å². The molecular weight excluding hydrogens is 306 g/mol. The first-order valence-corrected chi connectivity index (χ1v) is 6.90. The highest BCUT2D eigenvalue weighted by Gasteiger charge is 2.16. The Morgan fingerprint density at radius 1 is 1.14 bits per heavy atom. The molecule has 0 aliphatic heterocycles. The average molecular weight is 320 g/mol. The van der Waals surface area contributed by atoms with E-state index in [0.717, 1.165) is 0 Å². The van der Waals surface area contributed by atoms with Crippen LogP contribution in [-0.2, 0) is 4.79 Å². The van der Waals surface area contributed by atoms with Crippen molar-refractivity contribution in [2.75, 3.05) is 5.32 Å². The van der Waals surface area contributed by atoms with E-state index in [9.17, 15) is 9.59 Å². The standard InChI is InChI=1S/C16H14ClNO4/c1-10(22-14-5-3-2-4-13(14)17)15(19)18-12-8-6-11(7-9-12)16(20)21/h2-10H,1H3,(H,18,19)(H,20,21)/t10-/m1/s1. The number of anilines is 1. The average Bonchev–Trinajstić information content (AvgIpc) is 2.50. The summed E-state index contributed by atoms with van der Waals surface area (Å²) in [7, 11) is 0. The fourth-order valence-electron chi connectivity index (χ4n) is 1.72. The number of carbonyl (C=O) groups excluding carboxylic acids is 1. The summed E-state index contributed by atoms with van der Waals surface area (Å²) in [4.78, 5) is 22.8.